The first-order valence-electron chi connectivity index (χ1n) is 11.6. The third-order valence-corrected chi connectivity index (χ3v) is 7.13. The van der Waals surface area contributed by atoms with Gasteiger partial charge in [0.1, 0.15) is 29.5 Å². The summed E-state index contributed by atoms with van der Waals surface area (Å²) in [6, 6.07) is 11.0. The summed E-state index contributed by atoms with van der Waals surface area (Å²) in [7, 11) is 1.62. The Morgan fingerprint density at radius 1 is 1.14 bits per heavy atom. The average molecular weight is 498 g/mol. The highest BCUT2D eigenvalue weighted by molar-refractivity contribution is 6.01. The van der Waals surface area contributed by atoms with Crippen molar-refractivity contribution >= 4 is 35.6 Å². The van der Waals surface area contributed by atoms with Crippen molar-refractivity contribution in [3.63, 3.8) is 0 Å². The predicted molar refractivity (Wildman–Crippen MR) is 136 cm³/mol. The van der Waals surface area contributed by atoms with Gasteiger partial charge < -0.3 is 20.7 Å². The summed E-state index contributed by atoms with van der Waals surface area (Å²) in [5, 5.41) is 3.18. The molecule has 5 rings (SSSR count). The lowest BCUT2D eigenvalue weighted by Crippen LogP contribution is -2.44. The molecule has 1 amide bonds. The van der Waals surface area contributed by atoms with Crippen molar-refractivity contribution in [2.24, 2.45) is 0 Å². The van der Waals surface area contributed by atoms with Crippen LogP contribution in [0.3, 0.4) is 0 Å². The van der Waals surface area contributed by atoms with Gasteiger partial charge in [0.15, 0.2) is 0 Å². The number of anilines is 3. The highest BCUT2D eigenvalue weighted by Gasteiger charge is 2.51. The fourth-order valence-corrected chi connectivity index (χ4v) is 5.28. The number of amides is 1. The number of carbonyl (C=O) groups excluding carboxylic acids is 1. The zero-order valence-corrected chi connectivity index (χ0v) is 20.6. The Hall–Kier alpha value is -3.39. The van der Waals surface area contributed by atoms with Crippen molar-refractivity contribution in [1.29, 1.82) is 0 Å². The molecule has 0 saturated heterocycles. The average Bonchev–Trinajstić information content (AvgIpc) is 3.06. The van der Waals surface area contributed by atoms with E-state index >= 15 is 4.39 Å². The maximum Gasteiger partial charge on any atom is 0.258 e. The van der Waals surface area contributed by atoms with E-state index in [1.54, 1.807) is 7.11 Å². The highest BCUT2D eigenvalue weighted by atomic mass is 35.5. The van der Waals surface area contributed by atoms with E-state index in [-0.39, 0.29) is 23.9 Å². The van der Waals surface area contributed by atoms with Crippen LogP contribution < -0.4 is 15.8 Å². The third-order valence-electron chi connectivity index (χ3n) is 7.13. The van der Waals surface area contributed by atoms with Gasteiger partial charge in [0, 0.05) is 17.8 Å². The first-order valence-corrected chi connectivity index (χ1v) is 11.6. The molecule has 1 spiro atoms. The largest absolute Gasteiger partial charge is 0.497 e. The fraction of sp³-hybridized carbons (Fsp3) is 0.346. The summed E-state index contributed by atoms with van der Waals surface area (Å²) < 4.78 is 20.7. The van der Waals surface area contributed by atoms with E-state index in [4.69, 9.17) is 10.5 Å². The molecule has 2 aliphatic rings. The molecule has 2 aromatic carbocycles. The van der Waals surface area contributed by atoms with Crippen molar-refractivity contribution in [1.82, 2.24) is 14.9 Å². The van der Waals surface area contributed by atoms with Crippen LogP contribution in [0.4, 0.5) is 21.7 Å². The number of nitrogens with zero attached hydrogens (tertiary/aromatic N) is 3. The number of nitrogens with one attached hydrogen (secondary N) is 1. The number of fused-ring (bicyclic) bond motifs is 2. The van der Waals surface area contributed by atoms with Gasteiger partial charge in [-0.25, -0.2) is 14.4 Å². The minimum atomic E-state index is -0.525. The molecule has 3 N–H and O–H groups in total. The number of aromatic nitrogens is 2. The number of methoxy groups -OCH3 is 1. The summed E-state index contributed by atoms with van der Waals surface area (Å²) >= 11 is 0. The Balaban J connectivity index is 0.00000289. The lowest BCUT2D eigenvalue weighted by atomic mass is 9.76. The Kier molecular flexibility index (Phi) is 6.85. The van der Waals surface area contributed by atoms with Gasteiger partial charge in [0.05, 0.1) is 18.2 Å². The van der Waals surface area contributed by atoms with E-state index < -0.39 is 11.4 Å². The monoisotopic (exact) mass is 497 g/mol. The summed E-state index contributed by atoms with van der Waals surface area (Å²) in [5.41, 5.74) is 8.54. The maximum absolute atomic E-state index is 15.5. The summed E-state index contributed by atoms with van der Waals surface area (Å²) in [5.74, 6) is 0.869. The van der Waals surface area contributed by atoms with Crippen LogP contribution in [0.2, 0.25) is 0 Å². The zero-order chi connectivity index (χ0) is 23.9. The van der Waals surface area contributed by atoms with Gasteiger partial charge in [-0.3, -0.25) is 4.79 Å². The number of hydrogen-bond acceptors (Lipinski definition) is 6. The Morgan fingerprint density at radius 2 is 1.86 bits per heavy atom. The number of rotatable bonds is 5. The normalized spacial score (nSPS) is 16.1. The van der Waals surface area contributed by atoms with Crippen LogP contribution in [-0.2, 0) is 12.1 Å². The molecule has 1 aromatic heterocycles. The molecule has 0 bridgehead atoms. The van der Waals surface area contributed by atoms with Crippen LogP contribution in [0.25, 0.3) is 0 Å². The fourth-order valence-electron chi connectivity index (χ4n) is 5.28. The van der Waals surface area contributed by atoms with Gasteiger partial charge >= 0.3 is 0 Å². The van der Waals surface area contributed by atoms with Crippen molar-refractivity contribution < 1.29 is 13.9 Å². The number of nitrogen functional groups attached to an aromatic ring is 1. The molecule has 9 heteroatoms. The molecule has 184 valence electrons. The number of hydrogen-bond donors (Lipinski definition) is 2. The topological polar surface area (TPSA) is 93.4 Å². The maximum atomic E-state index is 15.5. The summed E-state index contributed by atoms with van der Waals surface area (Å²) in [6.07, 6.45) is 6.09. The van der Waals surface area contributed by atoms with Crippen molar-refractivity contribution in [3.05, 3.63) is 70.8 Å². The van der Waals surface area contributed by atoms with Crippen molar-refractivity contribution in [3.8, 4) is 5.75 Å². The molecule has 0 radical (unpaired) electrons. The Labute approximate surface area is 210 Å². The minimum absolute atomic E-state index is 0. The molecule has 7 nitrogen and oxygen atoms in total. The number of ether oxygens (including phenoxy) is 1. The van der Waals surface area contributed by atoms with E-state index in [9.17, 15) is 4.79 Å². The third kappa shape index (κ3) is 4.27. The second kappa shape index (κ2) is 9.70. The molecular weight excluding hydrogens is 469 g/mol. The molecule has 1 fully saturated rings. The molecule has 1 saturated carbocycles. The molecule has 1 aliphatic carbocycles. The van der Waals surface area contributed by atoms with Crippen LogP contribution >= 0.6 is 12.4 Å². The van der Waals surface area contributed by atoms with E-state index in [0.717, 1.165) is 49.0 Å². The van der Waals surface area contributed by atoms with Crippen LogP contribution in [0.15, 0.2) is 42.7 Å². The molecule has 0 unspecified atom stereocenters. The first kappa shape index (κ1) is 24.7. The Bertz CT molecular complexity index is 1250. The summed E-state index contributed by atoms with van der Waals surface area (Å²) in [4.78, 5) is 23.7. The van der Waals surface area contributed by atoms with E-state index in [1.807, 2.05) is 42.2 Å². The summed E-state index contributed by atoms with van der Waals surface area (Å²) in [6.45, 7) is 2.23. The van der Waals surface area contributed by atoms with Gasteiger partial charge in [-0.1, -0.05) is 31.4 Å². The van der Waals surface area contributed by atoms with Gasteiger partial charge in [0.2, 0.25) is 0 Å². The standard InChI is InChI=1S/C26H28FN5O2.ClH/c1-16-23(28)29-15-30-24(16)31-18-12-20-22(21(27)13-18)25(33)32(26(20)10-4-3-5-11-26)14-17-6-8-19(34-2)9-7-17;/h6-9,12-13,15H,3-5,10-11,14H2,1-2H3,(H3,28,29,30,31);1H. The SMILES string of the molecule is COc1ccc(CN2C(=O)c3c(F)cc(Nc4ncnc(N)c4C)cc3C23CCCCC3)cc1.Cl. The second-order valence-corrected chi connectivity index (χ2v) is 9.07. The van der Waals surface area contributed by atoms with Crippen LogP contribution in [0.1, 0.15) is 59.2 Å². The number of halogens is 2. The minimum Gasteiger partial charge on any atom is -0.497 e. The molecule has 0 atom stereocenters. The van der Waals surface area contributed by atoms with E-state index in [0.29, 0.717) is 29.4 Å². The molecular formula is C26H29ClFN5O2. The molecule has 35 heavy (non-hydrogen) atoms. The van der Waals surface area contributed by atoms with Gasteiger partial charge in [0.25, 0.3) is 5.91 Å². The highest BCUT2D eigenvalue weighted by Crippen LogP contribution is 2.51. The molecule has 3 aromatic rings. The lowest BCUT2D eigenvalue weighted by Gasteiger charge is -2.42. The lowest BCUT2D eigenvalue weighted by molar-refractivity contribution is 0.0386. The molecule has 2 heterocycles. The number of benzene rings is 2. The second-order valence-electron chi connectivity index (χ2n) is 9.07. The molecule has 1 aliphatic heterocycles. The van der Waals surface area contributed by atoms with Gasteiger partial charge in [-0.05, 0) is 55.2 Å². The van der Waals surface area contributed by atoms with Crippen molar-refractivity contribution in [2.45, 2.75) is 51.1 Å². The van der Waals surface area contributed by atoms with E-state index in [1.165, 1.54) is 12.4 Å². The van der Waals surface area contributed by atoms with Crippen molar-refractivity contribution in [2.75, 3.05) is 18.2 Å². The zero-order valence-electron chi connectivity index (χ0n) is 19.8. The smallest absolute Gasteiger partial charge is 0.258 e. The van der Waals surface area contributed by atoms with E-state index in [2.05, 4.69) is 15.3 Å². The Morgan fingerprint density at radius 3 is 2.54 bits per heavy atom. The van der Waals surface area contributed by atoms with Crippen LogP contribution in [0.5, 0.6) is 5.75 Å². The quantitative estimate of drug-likeness (QED) is 0.483. The predicted octanol–water partition coefficient (Wildman–Crippen LogP) is 5.50. The van der Waals surface area contributed by atoms with Gasteiger partial charge in [-0.2, -0.15) is 0 Å². The number of carbonyl (C=O) groups is 1. The van der Waals surface area contributed by atoms with Crippen LogP contribution in [-0.4, -0.2) is 27.9 Å². The number of nitrogens with two attached hydrogens (primary N) is 1. The van der Waals surface area contributed by atoms with Gasteiger partial charge in [-0.15, -0.1) is 12.4 Å². The first-order chi connectivity index (χ1) is 16.4. The van der Waals surface area contributed by atoms with Crippen LogP contribution in [0, 0.1) is 12.7 Å².